The van der Waals surface area contributed by atoms with Crippen LogP contribution in [0.5, 0.6) is 0 Å². The normalized spacial score (nSPS) is 58.4. The minimum absolute atomic E-state index is 0.165. The molecule has 6 rings (SSSR count). The third-order valence-electron chi connectivity index (χ3n) is 11.2. The lowest BCUT2D eigenvalue weighted by molar-refractivity contribution is -0.255. The van der Waals surface area contributed by atoms with E-state index < -0.39 is 11.9 Å². The molecule has 1 spiro atoms. The molecule has 4 aliphatic carbocycles. The van der Waals surface area contributed by atoms with Crippen LogP contribution in [0, 0.1) is 40.4 Å². The monoisotopic (exact) mass is 428 g/mol. The summed E-state index contributed by atoms with van der Waals surface area (Å²) in [5.74, 6) is 2.35. The van der Waals surface area contributed by atoms with Crippen LogP contribution in [0.15, 0.2) is 23.8 Å². The van der Waals surface area contributed by atoms with E-state index in [1.54, 1.807) is 0 Å². The van der Waals surface area contributed by atoms with Gasteiger partial charge in [0.2, 0.25) is 0 Å². The van der Waals surface area contributed by atoms with E-state index in [2.05, 4.69) is 33.4 Å². The summed E-state index contributed by atoms with van der Waals surface area (Å²) in [6.45, 7) is 12.0. The van der Waals surface area contributed by atoms with E-state index in [9.17, 15) is 10.2 Å². The van der Waals surface area contributed by atoms with Gasteiger partial charge in [0, 0.05) is 24.2 Å². The summed E-state index contributed by atoms with van der Waals surface area (Å²) in [6, 6.07) is 0. The molecule has 0 radical (unpaired) electrons. The number of ether oxygens (including phenoxy) is 2. The molecular weight excluding hydrogens is 388 g/mol. The van der Waals surface area contributed by atoms with Gasteiger partial charge in [-0.05, 0) is 67.6 Å². The second-order valence-corrected chi connectivity index (χ2v) is 12.3. The fraction of sp³-hybridized carbons (Fsp3) is 0.852. The molecule has 3 saturated carbocycles. The highest BCUT2D eigenvalue weighted by Gasteiger charge is 2.69. The van der Waals surface area contributed by atoms with Gasteiger partial charge in [0.05, 0.1) is 24.9 Å². The molecule has 3 unspecified atom stereocenters. The molecule has 172 valence electrons. The van der Waals surface area contributed by atoms with Crippen LogP contribution in [-0.2, 0) is 9.47 Å². The largest absolute Gasteiger partial charge is 0.393 e. The number of fused-ring (bicyclic) bond motifs is 7. The quantitative estimate of drug-likeness (QED) is 0.554. The van der Waals surface area contributed by atoms with E-state index >= 15 is 0 Å². The highest BCUT2D eigenvalue weighted by molar-refractivity contribution is 5.28. The molecule has 6 aliphatic rings. The van der Waals surface area contributed by atoms with Gasteiger partial charge in [-0.1, -0.05) is 44.6 Å². The Bertz CT molecular complexity index is 808. The Labute approximate surface area is 187 Å². The van der Waals surface area contributed by atoms with Gasteiger partial charge >= 0.3 is 0 Å². The molecule has 2 aliphatic heterocycles. The summed E-state index contributed by atoms with van der Waals surface area (Å²) >= 11 is 0. The highest BCUT2D eigenvalue weighted by Crippen LogP contribution is 2.70. The van der Waals surface area contributed by atoms with Crippen LogP contribution in [-0.4, -0.2) is 40.9 Å². The van der Waals surface area contributed by atoms with Crippen molar-refractivity contribution in [3.8, 4) is 0 Å². The van der Waals surface area contributed by atoms with Crippen molar-refractivity contribution >= 4 is 0 Å². The van der Waals surface area contributed by atoms with E-state index in [1.807, 2.05) is 0 Å². The maximum absolute atomic E-state index is 11.1. The van der Waals surface area contributed by atoms with Gasteiger partial charge < -0.3 is 19.7 Å². The highest BCUT2D eigenvalue weighted by atomic mass is 16.7. The van der Waals surface area contributed by atoms with Crippen molar-refractivity contribution in [2.24, 2.45) is 40.4 Å². The van der Waals surface area contributed by atoms with Crippen LogP contribution >= 0.6 is 0 Å². The van der Waals surface area contributed by atoms with E-state index in [0.717, 1.165) is 32.1 Å². The van der Waals surface area contributed by atoms with Crippen LogP contribution in [0.1, 0.15) is 72.1 Å². The number of hydrogen-bond donors (Lipinski definition) is 2. The lowest BCUT2D eigenvalue weighted by atomic mass is 9.46. The van der Waals surface area contributed by atoms with E-state index in [-0.39, 0.29) is 16.9 Å². The molecule has 2 saturated heterocycles. The summed E-state index contributed by atoms with van der Waals surface area (Å²) in [7, 11) is 0. The topological polar surface area (TPSA) is 58.9 Å². The first kappa shape index (κ1) is 20.9. The Hall–Kier alpha value is -0.680. The van der Waals surface area contributed by atoms with Gasteiger partial charge in [0.1, 0.15) is 0 Å². The lowest BCUT2D eigenvalue weighted by Crippen LogP contribution is -2.56. The first-order valence-corrected chi connectivity index (χ1v) is 12.7. The number of aliphatic hydroxyl groups is 2. The predicted molar refractivity (Wildman–Crippen MR) is 119 cm³/mol. The maximum atomic E-state index is 11.1. The fourth-order valence-electron chi connectivity index (χ4n) is 9.55. The average molecular weight is 429 g/mol. The second-order valence-electron chi connectivity index (χ2n) is 12.3. The van der Waals surface area contributed by atoms with Crippen molar-refractivity contribution < 1.29 is 19.7 Å². The van der Waals surface area contributed by atoms with Gasteiger partial charge in [0.15, 0.2) is 5.79 Å². The smallest absolute Gasteiger partial charge is 0.172 e. The summed E-state index contributed by atoms with van der Waals surface area (Å²) in [5, 5.41) is 21.4. The van der Waals surface area contributed by atoms with Crippen LogP contribution in [0.2, 0.25) is 0 Å². The Morgan fingerprint density at radius 2 is 1.94 bits per heavy atom. The van der Waals surface area contributed by atoms with E-state index in [0.29, 0.717) is 48.7 Å². The standard InChI is InChI=1S/C27H40O4/c1-15-7-10-27(30-14-15)16(2)24-22(31-27)13-21-19-6-5-17-11-18(28)12-23(29)26(17,4)20(19)8-9-25(21,24)3/h5,16,18-24,28-29H,1,6-14H2,2-4H3/t16-,18+,19?,20?,21?,22-,23+,24-,25-,26-,27+/m0/s1. The predicted octanol–water partition coefficient (Wildman–Crippen LogP) is 4.60. The molecule has 31 heavy (non-hydrogen) atoms. The van der Waals surface area contributed by atoms with Gasteiger partial charge in [-0.2, -0.15) is 0 Å². The number of allylic oxidation sites excluding steroid dienone is 1. The first-order valence-electron chi connectivity index (χ1n) is 12.7. The molecule has 2 N–H and O–H groups in total. The van der Waals surface area contributed by atoms with E-state index in [4.69, 9.17) is 9.47 Å². The SMILES string of the molecule is C=C1CC[C@@]2(OC1)O[C@H]1CC3C4CC=C5C[C@@H](O)C[C@@H](O)[C@]5(C)C4CC[C@]3(C)[C@H]1[C@@H]2C. The number of hydrogen-bond acceptors (Lipinski definition) is 4. The molecule has 0 aromatic heterocycles. The van der Waals surface area contributed by atoms with Crippen molar-refractivity contribution in [2.45, 2.75) is 96.2 Å². The van der Waals surface area contributed by atoms with E-state index in [1.165, 1.54) is 24.0 Å². The minimum Gasteiger partial charge on any atom is -0.393 e. The minimum atomic E-state index is -0.428. The van der Waals surface area contributed by atoms with Crippen LogP contribution in [0.25, 0.3) is 0 Å². The van der Waals surface area contributed by atoms with Crippen LogP contribution < -0.4 is 0 Å². The molecular formula is C27H40O4. The van der Waals surface area contributed by atoms with Crippen LogP contribution in [0.4, 0.5) is 0 Å². The third-order valence-corrected chi connectivity index (χ3v) is 11.2. The second kappa shape index (κ2) is 6.68. The molecule has 0 aromatic carbocycles. The fourth-order valence-corrected chi connectivity index (χ4v) is 9.55. The zero-order valence-electron chi connectivity index (χ0n) is 19.5. The molecule has 0 amide bonds. The Balaban J connectivity index is 1.30. The zero-order chi connectivity index (χ0) is 21.8. The summed E-state index contributed by atoms with van der Waals surface area (Å²) in [6.07, 6.45) is 9.75. The zero-order valence-corrected chi connectivity index (χ0v) is 19.5. The molecule has 11 atom stereocenters. The molecule has 4 nitrogen and oxygen atoms in total. The molecule has 5 fully saturated rings. The summed E-state index contributed by atoms with van der Waals surface area (Å²) < 4.78 is 13.2. The van der Waals surface area contributed by atoms with Crippen molar-refractivity contribution in [1.29, 1.82) is 0 Å². The molecule has 2 heterocycles. The first-order chi connectivity index (χ1) is 14.7. The summed E-state index contributed by atoms with van der Waals surface area (Å²) in [5.41, 5.74) is 2.63. The molecule has 0 bridgehead atoms. The number of aliphatic hydroxyl groups excluding tert-OH is 2. The maximum Gasteiger partial charge on any atom is 0.172 e. The number of rotatable bonds is 0. The third kappa shape index (κ3) is 2.62. The summed E-state index contributed by atoms with van der Waals surface area (Å²) in [4.78, 5) is 0. The Morgan fingerprint density at radius 1 is 1.13 bits per heavy atom. The molecule has 0 aromatic rings. The van der Waals surface area contributed by atoms with Crippen LogP contribution in [0.3, 0.4) is 0 Å². The van der Waals surface area contributed by atoms with Gasteiger partial charge in [-0.15, -0.1) is 0 Å². The van der Waals surface area contributed by atoms with Gasteiger partial charge in [0.25, 0.3) is 0 Å². The van der Waals surface area contributed by atoms with Gasteiger partial charge in [-0.25, -0.2) is 0 Å². The van der Waals surface area contributed by atoms with Crippen molar-refractivity contribution in [1.82, 2.24) is 0 Å². The van der Waals surface area contributed by atoms with Gasteiger partial charge in [-0.3, -0.25) is 0 Å². The Kier molecular flexibility index (Phi) is 4.50. The molecule has 4 heteroatoms. The van der Waals surface area contributed by atoms with Crippen molar-refractivity contribution in [2.75, 3.05) is 6.61 Å². The van der Waals surface area contributed by atoms with Crippen molar-refractivity contribution in [3.05, 3.63) is 23.8 Å². The lowest BCUT2D eigenvalue weighted by Gasteiger charge is -2.59. The van der Waals surface area contributed by atoms with Crippen molar-refractivity contribution in [3.63, 3.8) is 0 Å². The average Bonchev–Trinajstić information content (AvgIpc) is 3.16. The Morgan fingerprint density at radius 3 is 2.68 bits per heavy atom.